The van der Waals surface area contributed by atoms with Crippen LogP contribution in [0.25, 0.3) is 61.2 Å². The van der Waals surface area contributed by atoms with Crippen LogP contribution in [0, 0.1) is 26.0 Å². The van der Waals surface area contributed by atoms with Crippen molar-refractivity contribution in [2.24, 2.45) is 0 Å². The number of rotatable bonds is 13. The highest BCUT2D eigenvalue weighted by Crippen LogP contribution is 2.66. The maximum absolute atomic E-state index is 4.55. The van der Waals surface area contributed by atoms with Gasteiger partial charge < -0.3 is 9.80 Å². The van der Waals surface area contributed by atoms with Gasteiger partial charge in [0.05, 0.1) is 22.7 Å². The Hall–Kier alpha value is -9.94. The van der Waals surface area contributed by atoms with E-state index in [1.54, 1.807) is 0 Å². The van der Waals surface area contributed by atoms with Crippen LogP contribution in [0.2, 0.25) is 0 Å². The summed E-state index contributed by atoms with van der Waals surface area (Å²) in [6.45, 7) is 18.1. The van der Waals surface area contributed by atoms with Crippen molar-refractivity contribution in [3.63, 3.8) is 0 Å². The zero-order valence-electron chi connectivity index (χ0n) is 47.5. The lowest BCUT2D eigenvalue weighted by Gasteiger charge is -2.46. The molecule has 0 N–H and O–H groups in total. The average Bonchev–Trinajstić information content (AvgIpc) is 1.98. The smallest absolute Gasteiger partial charge is 0.0546 e. The van der Waals surface area contributed by atoms with Crippen LogP contribution in [-0.4, -0.2) is 0 Å². The Bertz CT molecular complexity index is 4340. The van der Waals surface area contributed by atoms with Crippen LogP contribution in [0.4, 0.5) is 34.1 Å². The lowest BCUT2D eigenvalue weighted by molar-refractivity contribution is 0.376. The minimum atomic E-state index is -0.595. The number of hydrogen-bond acceptors (Lipinski definition) is 2. The van der Waals surface area contributed by atoms with Gasteiger partial charge in [0.15, 0.2) is 0 Å². The molecule has 2 nitrogen and oxygen atoms in total. The first-order valence-electron chi connectivity index (χ1n) is 28.6. The molecule has 2 unspecified atom stereocenters. The van der Waals surface area contributed by atoms with E-state index in [9.17, 15) is 0 Å². The number of benzene rings is 10. The molecule has 0 spiro atoms. The first-order valence-corrected chi connectivity index (χ1v) is 28.6. The molecule has 0 amide bonds. The highest BCUT2D eigenvalue weighted by molar-refractivity contribution is 5.99. The molecular formula is C80H64N2. The van der Waals surface area contributed by atoms with Crippen LogP contribution in [0.3, 0.4) is 0 Å². The quantitative estimate of drug-likeness (QED) is 0.106. The predicted octanol–water partition coefficient (Wildman–Crippen LogP) is 21.7. The van der Waals surface area contributed by atoms with Crippen molar-refractivity contribution in [2.75, 3.05) is 9.80 Å². The minimum Gasteiger partial charge on any atom is -0.309 e. The van der Waals surface area contributed by atoms with Crippen LogP contribution in [0.1, 0.15) is 66.6 Å². The molecule has 0 saturated carbocycles. The maximum atomic E-state index is 4.55. The molecule has 0 radical (unpaired) electrons. The third-order valence-electron chi connectivity index (χ3n) is 17.5. The van der Waals surface area contributed by atoms with Gasteiger partial charge >= 0.3 is 0 Å². The molecule has 2 aliphatic rings. The summed E-state index contributed by atoms with van der Waals surface area (Å²) in [6.07, 6.45) is 6.40. The Morgan fingerprint density at radius 2 is 0.866 bits per heavy atom. The van der Waals surface area contributed by atoms with E-state index in [2.05, 4.69) is 331 Å². The largest absolute Gasteiger partial charge is 0.309 e. The Balaban J connectivity index is 1.07. The highest BCUT2D eigenvalue weighted by atomic mass is 15.2. The molecule has 2 atom stereocenters. The van der Waals surface area contributed by atoms with Gasteiger partial charge in [-0.3, -0.25) is 0 Å². The summed E-state index contributed by atoms with van der Waals surface area (Å²) in [5.41, 5.74) is 27.8. The first-order chi connectivity index (χ1) is 40.1. The summed E-state index contributed by atoms with van der Waals surface area (Å²) < 4.78 is 0. The van der Waals surface area contributed by atoms with Crippen molar-refractivity contribution in [2.45, 2.75) is 52.4 Å². The lowest BCUT2D eigenvalue weighted by Crippen LogP contribution is -2.44. The monoisotopic (exact) mass is 1050 g/mol. The summed E-state index contributed by atoms with van der Waals surface area (Å²) in [5, 5.41) is 0. The van der Waals surface area contributed by atoms with Gasteiger partial charge in [-0.1, -0.05) is 256 Å². The minimum absolute atomic E-state index is 0.594. The zero-order valence-corrected chi connectivity index (χ0v) is 47.5. The van der Waals surface area contributed by atoms with E-state index < -0.39 is 10.8 Å². The van der Waals surface area contributed by atoms with E-state index in [4.69, 9.17) is 0 Å². The van der Waals surface area contributed by atoms with Crippen LogP contribution in [-0.2, 0) is 10.8 Å². The molecule has 0 fully saturated rings. The van der Waals surface area contributed by atoms with Gasteiger partial charge in [0.2, 0.25) is 0 Å². The molecule has 0 bridgehead atoms. The van der Waals surface area contributed by atoms with E-state index in [0.717, 1.165) is 73.1 Å². The van der Waals surface area contributed by atoms with E-state index in [1.807, 2.05) is 6.07 Å². The maximum Gasteiger partial charge on any atom is 0.0546 e. The summed E-state index contributed by atoms with van der Waals surface area (Å²) in [5.74, 6) is 0. The Labute approximate surface area is 485 Å². The number of para-hydroxylation sites is 4. The standard InChI is InChI=1S/C80H64N2/c1-8-9-33-62(54(2)3)70-39-18-24-45-78(70)82(77-44-23-17-36-65(77)59-32-26-28-56(5)51-59)61-47-49-69-67-38-14-20-41-72(67)80(7,74(69)53-61)79(6)71-40-19-13-37-66(71)68-48-46-60(52-73(68)79)81(75-42-21-15-34-63(75)57-29-11-10-12-30-57)76-43-22-16-35-64(76)58-31-25-27-55(4)50-58/h8-11,13-29,31-53H,2H2,1,3-7H3/b9-8-,62-33+. The van der Waals surface area contributed by atoms with E-state index in [0.29, 0.717) is 0 Å². The van der Waals surface area contributed by atoms with Gasteiger partial charge in [0.1, 0.15) is 0 Å². The molecule has 82 heavy (non-hydrogen) atoms. The molecule has 2 aliphatic carbocycles. The van der Waals surface area contributed by atoms with Crippen LogP contribution >= 0.6 is 0 Å². The molecule has 11 aromatic carbocycles. The van der Waals surface area contributed by atoms with Gasteiger partial charge in [0.25, 0.3) is 0 Å². The first kappa shape index (κ1) is 51.5. The zero-order chi connectivity index (χ0) is 56.1. The number of allylic oxidation sites excluding steroid dienone is 5. The summed E-state index contributed by atoms with van der Waals surface area (Å²) in [7, 11) is 0. The van der Waals surface area contributed by atoms with Crippen LogP contribution in [0.15, 0.2) is 279 Å². The van der Waals surface area contributed by atoms with E-state index >= 15 is 0 Å². The molecule has 0 saturated heterocycles. The normalized spacial score (nSPS) is 15.8. The molecule has 0 aliphatic heterocycles. The lowest BCUT2D eigenvalue weighted by atomic mass is 9.56. The SMILES string of the molecule is C=C(C)/C(=C\C=C/C)c1ccccc1N(c1ccc2c(c1)C(C)(C1(C)c3ccccc3-c3ccc(N(c4ccccc4-c4c#cccc4)c4ccccc4-c4cccc(C)c4)cc31)c1ccccc1-2)c1ccccc1-c1cccc(C)c1. The fraction of sp³-hybridized carbons (Fsp3) is 0.100. The topological polar surface area (TPSA) is 6.48 Å². The van der Waals surface area contributed by atoms with Gasteiger partial charge in [-0.15, -0.1) is 0 Å². The highest BCUT2D eigenvalue weighted by Gasteiger charge is 2.57. The second-order valence-corrected chi connectivity index (χ2v) is 22.4. The molecule has 394 valence electrons. The summed E-state index contributed by atoms with van der Waals surface area (Å²) in [4.78, 5) is 4.99. The molecule has 0 heterocycles. The Morgan fingerprint density at radius 3 is 1.35 bits per heavy atom. The number of fused-ring (bicyclic) bond motifs is 6. The third-order valence-corrected chi connectivity index (χ3v) is 17.5. The van der Waals surface area contributed by atoms with Gasteiger partial charge in [-0.2, -0.15) is 0 Å². The number of nitrogens with zero attached hydrogens (tertiary/aromatic N) is 2. The number of aryl methyl sites for hydroxylation is 2. The Kier molecular flexibility index (Phi) is 13.2. The fourth-order valence-corrected chi connectivity index (χ4v) is 13.5. The summed E-state index contributed by atoms with van der Waals surface area (Å²) in [6, 6.07) is 98.8. The van der Waals surface area contributed by atoms with Crippen LogP contribution < -0.4 is 9.80 Å². The molecule has 11 aromatic rings. The number of hydrogen-bond donors (Lipinski definition) is 0. The second kappa shape index (κ2) is 20.9. The van der Waals surface area contributed by atoms with Crippen molar-refractivity contribution >= 4 is 39.7 Å². The number of anilines is 6. The van der Waals surface area contributed by atoms with Gasteiger partial charge in [0, 0.05) is 50.0 Å². The predicted molar refractivity (Wildman–Crippen MR) is 347 cm³/mol. The molecule has 2 heteroatoms. The van der Waals surface area contributed by atoms with Crippen molar-refractivity contribution in [1.29, 1.82) is 0 Å². The molecular weight excluding hydrogens is 989 g/mol. The average molecular weight is 1050 g/mol. The molecule has 13 rings (SSSR count). The van der Waals surface area contributed by atoms with Crippen molar-refractivity contribution in [3.8, 4) is 55.6 Å². The fourth-order valence-electron chi connectivity index (χ4n) is 13.5. The van der Waals surface area contributed by atoms with E-state index in [1.165, 1.54) is 66.8 Å². The van der Waals surface area contributed by atoms with E-state index in [-0.39, 0.29) is 0 Å². The summed E-state index contributed by atoms with van der Waals surface area (Å²) >= 11 is 0. The molecule has 0 aromatic heterocycles. The van der Waals surface area contributed by atoms with Crippen molar-refractivity contribution in [3.05, 3.63) is 330 Å². The third kappa shape index (κ3) is 8.43. The second-order valence-electron chi connectivity index (χ2n) is 22.4. The van der Waals surface area contributed by atoms with Crippen molar-refractivity contribution < 1.29 is 0 Å². The van der Waals surface area contributed by atoms with Crippen molar-refractivity contribution in [1.82, 2.24) is 0 Å². The Morgan fingerprint density at radius 1 is 0.427 bits per heavy atom. The van der Waals surface area contributed by atoms with Gasteiger partial charge in [-0.05, 0) is 150 Å². The van der Waals surface area contributed by atoms with Gasteiger partial charge in [-0.25, -0.2) is 0 Å². The van der Waals surface area contributed by atoms with Crippen LogP contribution in [0.5, 0.6) is 0 Å².